The number of nitriles is 1. The van der Waals surface area contributed by atoms with Gasteiger partial charge >= 0.3 is 0 Å². The van der Waals surface area contributed by atoms with Crippen LogP contribution >= 0.6 is 0 Å². The summed E-state index contributed by atoms with van der Waals surface area (Å²) in [6.45, 7) is 11.3. The zero-order valence-electron chi connectivity index (χ0n) is 13.4. The zero-order chi connectivity index (χ0) is 15.4. The third kappa shape index (κ3) is 1.98. The Labute approximate surface area is 127 Å². The van der Waals surface area contributed by atoms with Gasteiger partial charge in [0.2, 0.25) is 0 Å². The molecule has 0 unspecified atom stereocenters. The van der Waals surface area contributed by atoms with Gasteiger partial charge in [-0.3, -0.25) is 0 Å². The summed E-state index contributed by atoms with van der Waals surface area (Å²) in [6, 6.07) is 15.2. The van der Waals surface area contributed by atoms with Crippen molar-refractivity contribution < 1.29 is 0 Å². The average molecular weight is 275 g/mol. The molecule has 0 radical (unpaired) electrons. The third-order valence-electron chi connectivity index (χ3n) is 4.67. The van der Waals surface area contributed by atoms with Gasteiger partial charge < -0.3 is 0 Å². The van der Waals surface area contributed by atoms with Crippen LogP contribution in [0.1, 0.15) is 56.9 Å². The van der Waals surface area contributed by atoms with Crippen molar-refractivity contribution in [3.05, 3.63) is 58.7 Å². The molecule has 0 spiro atoms. The molecule has 0 heterocycles. The van der Waals surface area contributed by atoms with Gasteiger partial charge in [0.05, 0.1) is 11.6 Å². The first-order valence-electron chi connectivity index (χ1n) is 7.45. The SMILES string of the molecule is CC(C)(C)c1ccc2c(c1)C(C)(C)c1cc(C#N)ccc1-2. The molecular formula is C20H21N. The summed E-state index contributed by atoms with van der Waals surface area (Å²) in [5, 5.41) is 9.16. The van der Waals surface area contributed by atoms with E-state index in [4.69, 9.17) is 5.26 Å². The van der Waals surface area contributed by atoms with Gasteiger partial charge in [0, 0.05) is 5.41 Å². The average Bonchev–Trinajstić information content (AvgIpc) is 2.66. The van der Waals surface area contributed by atoms with E-state index in [0.717, 1.165) is 5.56 Å². The Hall–Kier alpha value is -2.07. The molecule has 2 aromatic rings. The summed E-state index contributed by atoms with van der Waals surface area (Å²) < 4.78 is 0. The minimum absolute atomic E-state index is 0.0429. The fourth-order valence-corrected chi connectivity index (χ4v) is 3.27. The third-order valence-corrected chi connectivity index (χ3v) is 4.67. The molecule has 21 heavy (non-hydrogen) atoms. The van der Waals surface area contributed by atoms with Gasteiger partial charge in [-0.15, -0.1) is 0 Å². The van der Waals surface area contributed by atoms with Crippen molar-refractivity contribution in [3.8, 4) is 17.2 Å². The Morgan fingerprint density at radius 2 is 1.48 bits per heavy atom. The van der Waals surface area contributed by atoms with Crippen LogP contribution < -0.4 is 0 Å². The molecule has 2 aromatic carbocycles. The Balaban J connectivity index is 2.26. The summed E-state index contributed by atoms with van der Waals surface area (Å²) >= 11 is 0. The predicted molar refractivity (Wildman–Crippen MR) is 87.4 cm³/mol. The molecule has 1 heteroatoms. The summed E-state index contributed by atoms with van der Waals surface area (Å²) in [5.74, 6) is 0. The standard InChI is InChI=1S/C20H21N/c1-19(2,3)14-7-9-16-15-8-6-13(12-21)10-17(15)20(4,5)18(16)11-14/h6-11H,1-5H3. The largest absolute Gasteiger partial charge is 0.192 e. The van der Waals surface area contributed by atoms with Gasteiger partial charge in [0.1, 0.15) is 0 Å². The van der Waals surface area contributed by atoms with E-state index < -0.39 is 0 Å². The van der Waals surface area contributed by atoms with Crippen LogP contribution in [0.5, 0.6) is 0 Å². The Kier molecular flexibility index (Phi) is 2.79. The Bertz CT molecular complexity index is 767. The van der Waals surface area contributed by atoms with Crippen molar-refractivity contribution >= 4 is 0 Å². The first-order valence-corrected chi connectivity index (χ1v) is 7.45. The second kappa shape index (κ2) is 4.21. The van der Waals surface area contributed by atoms with Crippen molar-refractivity contribution in [2.24, 2.45) is 0 Å². The van der Waals surface area contributed by atoms with Crippen LogP contribution in [-0.2, 0) is 10.8 Å². The zero-order valence-corrected chi connectivity index (χ0v) is 13.4. The van der Waals surface area contributed by atoms with E-state index >= 15 is 0 Å². The van der Waals surface area contributed by atoms with E-state index in [0.29, 0.717) is 0 Å². The molecule has 1 aliphatic carbocycles. The second-order valence-electron chi connectivity index (χ2n) is 7.51. The lowest BCUT2D eigenvalue weighted by molar-refractivity contribution is 0.584. The summed E-state index contributed by atoms with van der Waals surface area (Å²) in [4.78, 5) is 0. The van der Waals surface area contributed by atoms with E-state index in [9.17, 15) is 0 Å². The molecule has 106 valence electrons. The first kappa shape index (κ1) is 13.9. The van der Waals surface area contributed by atoms with Crippen molar-refractivity contribution in [2.75, 3.05) is 0 Å². The molecule has 0 N–H and O–H groups in total. The normalized spacial score (nSPS) is 15.2. The monoisotopic (exact) mass is 275 g/mol. The number of rotatable bonds is 0. The van der Waals surface area contributed by atoms with Crippen molar-refractivity contribution in [1.29, 1.82) is 5.26 Å². The highest BCUT2D eigenvalue weighted by atomic mass is 14.4. The lowest BCUT2D eigenvalue weighted by Crippen LogP contribution is -2.17. The molecular weight excluding hydrogens is 254 g/mol. The minimum atomic E-state index is -0.0429. The van der Waals surface area contributed by atoms with Crippen LogP contribution in [0.25, 0.3) is 11.1 Å². The van der Waals surface area contributed by atoms with Crippen LogP contribution in [0.15, 0.2) is 36.4 Å². The second-order valence-corrected chi connectivity index (χ2v) is 7.51. The molecule has 1 nitrogen and oxygen atoms in total. The molecule has 3 rings (SSSR count). The number of nitrogens with zero attached hydrogens (tertiary/aromatic N) is 1. The first-order chi connectivity index (χ1) is 9.75. The number of benzene rings is 2. The molecule has 0 amide bonds. The quantitative estimate of drug-likeness (QED) is 0.651. The van der Waals surface area contributed by atoms with Crippen molar-refractivity contribution in [1.82, 2.24) is 0 Å². The highest BCUT2D eigenvalue weighted by molar-refractivity contribution is 5.81. The van der Waals surface area contributed by atoms with Gasteiger partial charge in [0.25, 0.3) is 0 Å². The predicted octanol–water partition coefficient (Wildman–Crippen LogP) is 5.16. The van der Waals surface area contributed by atoms with Crippen LogP contribution in [0.3, 0.4) is 0 Å². The lowest BCUT2D eigenvalue weighted by atomic mass is 9.79. The molecule has 0 saturated heterocycles. The number of fused-ring (bicyclic) bond motifs is 3. The molecule has 0 fully saturated rings. The smallest absolute Gasteiger partial charge is 0.0991 e. The van der Waals surface area contributed by atoms with Crippen molar-refractivity contribution in [2.45, 2.75) is 45.4 Å². The molecule has 1 aliphatic rings. The summed E-state index contributed by atoms with van der Waals surface area (Å²) in [6.07, 6.45) is 0. The lowest BCUT2D eigenvalue weighted by Gasteiger charge is -2.25. The van der Waals surface area contributed by atoms with E-state index in [-0.39, 0.29) is 10.8 Å². The summed E-state index contributed by atoms with van der Waals surface area (Å²) in [5.41, 5.74) is 7.44. The van der Waals surface area contributed by atoms with Gasteiger partial charge in [0.15, 0.2) is 0 Å². The summed E-state index contributed by atoms with van der Waals surface area (Å²) in [7, 11) is 0. The fraction of sp³-hybridized carbons (Fsp3) is 0.350. The van der Waals surface area contributed by atoms with E-state index in [1.165, 1.54) is 27.8 Å². The Morgan fingerprint density at radius 3 is 2.05 bits per heavy atom. The van der Waals surface area contributed by atoms with Crippen molar-refractivity contribution in [3.63, 3.8) is 0 Å². The van der Waals surface area contributed by atoms with Crippen LogP contribution in [0.4, 0.5) is 0 Å². The van der Waals surface area contributed by atoms with Crippen LogP contribution in [0, 0.1) is 11.3 Å². The topological polar surface area (TPSA) is 23.8 Å². The van der Waals surface area contributed by atoms with Crippen LogP contribution in [0.2, 0.25) is 0 Å². The molecule has 0 atom stereocenters. The van der Waals surface area contributed by atoms with Gasteiger partial charge in [-0.1, -0.05) is 58.9 Å². The highest BCUT2D eigenvalue weighted by Crippen LogP contribution is 2.49. The molecule has 0 aromatic heterocycles. The maximum atomic E-state index is 9.16. The molecule has 0 saturated carbocycles. The van der Waals surface area contributed by atoms with Gasteiger partial charge in [-0.2, -0.15) is 5.26 Å². The van der Waals surface area contributed by atoms with Gasteiger partial charge in [-0.25, -0.2) is 0 Å². The van der Waals surface area contributed by atoms with E-state index in [1.807, 2.05) is 12.1 Å². The number of hydrogen-bond acceptors (Lipinski definition) is 1. The molecule has 0 aliphatic heterocycles. The maximum Gasteiger partial charge on any atom is 0.0991 e. The van der Waals surface area contributed by atoms with E-state index in [2.05, 4.69) is 65.0 Å². The number of hydrogen-bond donors (Lipinski definition) is 0. The minimum Gasteiger partial charge on any atom is -0.192 e. The van der Waals surface area contributed by atoms with E-state index in [1.54, 1.807) is 0 Å². The maximum absolute atomic E-state index is 9.16. The highest BCUT2D eigenvalue weighted by Gasteiger charge is 2.36. The Morgan fingerprint density at radius 1 is 0.905 bits per heavy atom. The van der Waals surface area contributed by atoms with Crippen LogP contribution in [-0.4, -0.2) is 0 Å². The molecule has 0 bridgehead atoms. The fourth-order valence-electron chi connectivity index (χ4n) is 3.27. The van der Waals surface area contributed by atoms with Gasteiger partial charge in [-0.05, 0) is 45.4 Å².